The minimum Gasteiger partial charge on any atom is -0.334 e. The first-order valence-corrected chi connectivity index (χ1v) is 9.79. The molecule has 0 radical (unpaired) electrons. The minimum absolute atomic E-state index is 0. The molecule has 1 saturated heterocycles. The van der Waals surface area contributed by atoms with Gasteiger partial charge in [-0.15, -0.1) is 12.4 Å². The predicted octanol–water partition coefficient (Wildman–Crippen LogP) is 3.99. The number of rotatable bonds is 6. The van der Waals surface area contributed by atoms with Crippen molar-refractivity contribution in [1.29, 1.82) is 0 Å². The molecule has 0 saturated carbocycles. The summed E-state index contributed by atoms with van der Waals surface area (Å²) >= 11 is 0. The van der Waals surface area contributed by atoms with Crippen molar-refractivity contribution in [3.8, 4) is 0 Å². The zero-order valence-corrected chi connectivity index (χ0v) is 17.1. The van der Waals surface area contributed by atoms with Gasteiger partial charge in [-0.05, 0) is 68.6 Å². The first kappa shape index (κ1) is 22.3. The summed E-state index contributed by atoms with van der Waals surface area (Å²) in [5.41, 5.74) is 1.76. The SMILES string of the molecule is CC(Cc1cccc(F)c1)C(=O)N(Cc1ccccn1)C1CCCNCC1.Cl. The van der Waals surface area contributed by atoms with Crippen LogP contribution >= 0.6 is 12.4 Å². The van der Waals surface area contributed by atoms with Crippen LogP contribution in [0.3, 0.4) is 0 Å². The third-order valence-electron chi connectivity index (χ3n) is 5.18. The zero-order chi connectivity index (χ0) is 19.1. The molecule has 0 spiro atoms. The number of halogens is 2. The number of amides is 1. The summed E-state index contributed by atoms with van der Waals surface area (Å²) < 4.78 is 13.5. The number of nitrogens with one attached hydrogen (secondary N) is 1. The van der Waals surface area contributed by atoms with Gasteiger partial charge in [0.05, 0.1) is 12.2 Å². The standard InChI is InChI=1S/C22H28FN3O.ClH/c1-17(14-18-6-4-7-19(23)15-18)22(27)26(16-20-8-2-3-12-25-20)21-9-5-11-24-13-10-21;/h2-4,6-8,12,15,17,21,24H,5,9-11,13-14,16H2,1H3;1H. The molecule has 2 aromatic rings. The van der Waals surface area contributed by atoms with Crippen LogP contribution in [-0.4, -0.2) is 34.9 Å². The van der Waals surface area contributed by atoms with Gasteiger partial charge < -0.3 is 10.2 Å². The molecule has 2 heterocycles. The van der Waals surface area contributed by atoms with Crippen LogP contribution in [0.2, 0.25) is 0 Å². The number of pyridine rings is 1. The fourth-order valence-corrected chi connectivity index (χ4v) is 3.75. The lowest BCUT2D eigenvalue weighted by Crippen LogP contribution is -2.43. The molecule has 6 heteroatoms. The van der Waals surface area contributed by atoms with E-state index in [0.29, 0.717) is 13.0 Å². The lowest BCUT2D eigenvalue weighted by Gasteiger charge is -2.33. The summed E-state index contributed by atoms with van der Waals surface area (Å²) in [4.78, 5) is 19.7. The van der Waals surface area contributed by atoms with Gasteiger partial charge in [0.2, 0.25) is 5.91 Å². The van der Waals surface area contributed by atoms with E-state index in [4.69, 9.17) is 0 Å². The third-order valence-corrected chi connectivity index (χ3v) is 5.18. The van der Waals surface area contributed by atoms with Crippen molar-refractivity contribution in [1.82, 2.24) is 15.2 Å². The molecule has 3 rings (SSSR count). The van der Waals surface area contributed by atoms with Crippen molar-refractivity contribution in [3.05, 3.63) is 65.7 Å². The van der Waals surface area contributed by atoms with Gasteiger partial charge in [-0.25, -0.2) is 4.39 Å². The van der Waals surface area contributed by atoms with E-state index in [9.17, 15) is 9.18 Å². The number of hydrogen-bond acceptors (Lipinski definition) is 3. The number of aromatic nitrogens is 1. The molecule has 1 aromatic carbocycles. The van der Waals surface area contributed by atoms with Crippen molar-refractivity contribution >= 4 is 18.3 Å². The molecule has 152 valence electrons. The summed E-state index contributed by atoms with van der Waals surface area (Å²) in [6.07, 6.45) is 5.32. The second-order valence-electron chi connectivity index (χ2n) is 7.36. The summed E-state index contributed by atoms with van der Waals surface area (Å²) in [6.45, 7) is 4.39. The van der Waals surface area contributed by atoms with E-state index in [2.05, 4.69) is 10.3 Å². The second kappa shape index (κ2) is 11.1. The van der Waals surface area contributed by atoms with Crippen LogP contribution in [0.1, 0.15) is 37.4 Å². The molecule has 1 aliphatic heterocycles. The Labute approximate surface area is 173 Å². The molecule has 28 heavy (non-hydrogen) atoms. The lowest BCUT2D eigenvalue weighted by molar-refractivity contribution is -0.138. The topological polar surface area (TPSA) is 45.2 Å². The largest absolute Gasteiger partial charge is 0.334 e. The first-order valence-electron chi connectivity index (χ1n) is 9.79. The molecule has 1 amide bonds. The average Bonchev–Trinajstić information content (AvgIpc) is 2.96. The maximum atomic E-state index is 13.5. The summed E-state index contributed by atoms with van der Waals surface area (Å²) in [5, 5.41) is 3.41. The van der Waals surface area contributed by atoms with Crippen LogP contribution in [0.15, 0.2) is 48.7 Å². The number of nitrogens with zero attached hydrogens (tertiary/aromatic N) is 2. The van der Waals surface area contributed by atoms with Gasteiger partial charge in [0.25, 0.3) is 0 Å². The first-order chi connectivity index (χ1) is 13.1. The Kier molecular flexibility index (Phi) is 8.87. The molecule has 0 bridgehead atoms. The summed E-state index contributed by atoms with van der Waals surface area (Å²) in [5.74, 6) is -0.337. The molecule has 1 fully saturated rings. The fourth-order valence-electron chi connectivity index (χ4n) is 3.75. The number of hydrogen-bond donors (Lipinski definition) is 1. The van der Waals surface area contributed by atoms with Crippen molar-refractivity contribution in [2.75, 3.05) is 13.1 Å². The molecule has 0 aliphatic carbocycles. The Hall–Kier alpha value is -1.98. The van der Waals surface area contributed by atoms with E-state index in [0.717, 1.165) is 43.6 Å². The zero-order valence-electron chi connectivity index (χ0n) is 16.3. The van der Waals surface area contributed by atoms with Crippen molar-refractivity contribution in [2.45, 2.75) is 45.2 Å². The van der Waals surface area contributed by atoms with Crippen molar-refractivity contribution < 1.29 is 9.18 Å². The molecule has 1 aromatic heterocycles. The second-order valence-corrected chi connectivity index (χ2v) is 7.36. The number of carbonyl (C=O) groups is 1. The van der Waals surface area contributed by atoms with Gasteiger partial charge >= 0.3 is 0 Å². The van der Waals surface area contributed by atoms with Gasteiger partial charge in [-0.2, -0.15) is 0 Å². The number of carbonyl (C=O) groups excluding carboxylic acids is 1. The Morgan fingerprint density at radius 1 is 1.25 bits per heavy atom. The van der Waals surface area contributed by atoms with Gasteiger partial charge in [-0.3, -0.25) is 9.78 Å². The average molecular weight is 406 g/mol. The van der Waals surface area contributed by atoms with Crippen molar-refractivity contribution in [3.63, 3.8) is 0 Å². The van der Waals surface area contributed by atoms with E-state index >= 15 is 0 Å². The predicted molar refractivity (Wildman–Crippen MR) is 112 cm³/mol. The third kappa shape index (κ3) is 6.28. The van der Waals surface area contributed by atoms with Crippen LogP contribution in [0.5, 0.6) is 0 Å². The van der Waals surface area contributed by atoms with Gasteiger partial charge in [0, 0.05) is 18.2 Å². The smallest absolute Gasteiger partial charge is 0.226 e. The van der Waals surface area contributed by atoms with Crippen LogP contribution in [0, 0.1) is 11.7 Å². The maximum absolute atomic E-state index is 13.5. The molecular formula is C22H29ClFN3O. The summed E-state index contributed by atoms with van der Waals surface area (Å²) in [6, 6.07) is 12.5. The van der Waals surface area contributed by atoms with E-state index in [1.54, 1.807) is 12.3 Å². The molecule has 1 N–H and O–H groups in total. The Bertz CT molecular complexity index is 736. The number of benzene rings is 1. The molecule has 2 atom stereocenters. The molecular weight excluding hydrogens is 377 g/mol. The highest BCUT2D eigenvalue weighted by Crippen LogP contribution is 2.21. The van der Waals surface area contributed by atoms with Crippen LogP contribution in [0.4, 0.5) is 4.39 Å². The van der Waals surface area contributed by atoms with Crippen LogP contribution in [0.25, 0.3) is 0 Å². The quantitative estimate of drug-likeness (QED) is 0.790. The fraction of sp³-hybridized carbons (Fsp3) is 0.455. The van der Waals surface area contributed by atoms with E-state index in [-0.39, 0.29) is 36.1 Å². The highest BCUT2D eigenvalue weighted by atomic mass is 35.5. The molecule has 1 aliphatic rings. The Balaban J connectivity index is 0.00000280. The normalized spacial score (nSPS) is 17.9. The van der Waals surface area contributed by atoms with E-state index in [1.165, 1.54) is 12.1 Å². The maximum Gasteiger partial charge on any atom is 0.226 e. The monoisotopic (exact) mass is 405 g/mol. The van der Waals surface area contributed by atoms with Crippen LogP contribution < -0.4 is 5.32 Å². The Morgan fingerprint density at radius 3 is 2.86 bits per heavy atom. The van der Waals surface area contributed by atoms with Crippen LogP contribution in [-0.2, 0) is 17.8 Å². The van der Waals surface area contributed by atoms with Gasteiger partial charge in [0.15, 0.2) is 0 Å². The lowest BCUT2D eigenvalue weighted by atomic mass is 9.97. The molecule has 2 unspecified atom stereocenters. The summed E-state index contributed by atoms with van der Waals surface area (Å²) in [7, 11) is 0. The van der Waals surface area contributed by atoms with Crippen molar-refractivity contribution in [2.24, 2.45) is 5.92 Å². The highest BCUT2D eigenvalue weighted by Gasteiger charge is 2.28. The van der Waals surface area contributed by atoms with Gasteiger partial charge in [-0.1, -0.05) is 25.1 Å². The van der Waals surface area contributed by atoms with E-state index < -0.39 is 0 Å². The molecule has 4 nitrogen and oxygen atoms in total. The minimum atomic E-state index is -0.257. The van der Waals surface area contributed by atoms with Gasteiger partial charge in [0.1, 0.15) is 5.82 Å². The Morgan fingerprint density at radius 2 is 2.11 bits per heavy atom. The highest BCUT2D eigenvalue weighted by molar-refractivity contribution is 5.85. The van der Waals surface area contributed by atoms with E-state index in [1.807, 2.05) is 36.1 Å².